The standard InChI is InChI=1S/C12H20ClN5/c1-2-8-14-11-16-10(13)17-12(18-11)15-9-6-4-3-5-7-9/h9H,2-8H2,1H3,(H2,14,15,16,17,18). The lowest BCUT2D eigenvalue weighted by molar-refractivity contribution is 0.460. The molecule has 2 rings (SSSR count). The Hall–Kier alpha value is -1.10. The first-order valence-electron chi connectivity index (χ1n) is 6.70. The number of rotatable bonds is 5. The highest BCUT2D eigenvalue weighted by molar-refractivity contribution is 6.28. The van der Waals surface area contributed by atoms with Gasteiger partial charge in [-0.15, -0.1) is 0 Å². The first-order valence-corrected chi connectivity index (χ1v) is 7.07. The molecule has 0 radical (unpaired) electrons. The quantitative estimate of drug-likeness (QED) is 0.860. The number of halogens is 1. The van der Waals surface area contributed by atoms with Gasteiger partial charge in [-0.25, -0.2) is 0 Å². The molecule has 0 aliphatic heterocycles. The molecule has 0 aromatic carbocycles. The lowest BCUT2D eigenvalue weighted by atomic mass is 9.96. The normalized spacial score (nSPS) is 16.6. The summed E-state index contributed by atoms with van der Waals surface area (Å²) < 4.78 is 0. The molecule has 1 saturated carbocycles. The van der Waals surface area contributed by atoms with Crippen molar-refractivity contribution in [1.82, 2.24) is 15.0 Å². The molecule has 0 spiro atoms. The van der Waals surface area contributed by atoms with Crippen LogP contribution in [0.3, 0.4) is 0 Å². The van der Waals surface area contributed by atoms with Gasteiger partial charge >= 0.3 is 0 Å². The van der Waals surface area contributed by atoms with Gasteiger partial charge in [0.1, 0.15) is 0 Å². The summed E-state index contributed by atoms with van der Waals surface area (Å²) in [6, 6.07) is 0.469. The number of nitrogens with zero attached hydrogens (tertiary/aromatic N) is 3. The maximum absolute atomic E-state index is 5.90. The van der Waals surface area contributed by atoms with Crippen molar-refractivity contribution in [3.05, 3.63) is 5.28 Å². The molecule has 1 aromatic rings. The summed E-state index contributed by atoms with van der Waals surface area (Å²) in [4.78, 5) is 12.5. The third kappa shape index (κ3) is 3.98. The third-order valence-electron chi connectivity index (χ3n) is 3.08. The predicted molar refractivity (Wildman–Crippen MR) is 74.1 cm³/mol. The molecule has 18 heavy (non-hydrogen) atoms. The van der Waals surface area contributed by atoms with Crippen LogP contribution in [0.15, 0.2) is 0 Å². The summed E-state index contributed by atoms with van der Waals surface area (Å²) in [6.45, 7) is 2.93. The van der Waals surface area contributed by atoms with E-state index in [0.717, 1.165) is 13.0 Å². The van der Waals surface area contributed by atoms with Crippen LogP contribution >= 0.6 is 11.6 Å². The van der Waals surface area contributed by atoms with E-state index < -0.39 is 0 Å². The van der Waals surface area contributed by atoms with E-state index in [1.165, 1.54) is 32.1 Å². The third-order valence-corrected chi connectivity index (χ3v) is 3.25. The van der Waals surface area contributed by atoms with E-state index in [1.807, 2.05) is 0 Å². The van der Waals surface area contributed by atoms with Gasteiger partial charge in [-0.05, 0) is 30.9 Å². The Morgan fingerprint density at radius 2 is 1.83 bits per heavy atom. The second-order valence-corrected chi connectivity index (χ2v) is 5.00. The van der Waals surface area contributed by atoms with Crippen molar-refractivity contribution in [2.75, 3.05) is 17.2 Å². The van der Waals surface area contributed by atoms with Gasteiger partial charge in [0.15, 0.2) is 0 Å². The van der Waals surface area contributed by atoms with Crippen molar-refractivity contribution in [3.63, 3.8) is 0 Å². The summed E-state index contributed by atoms with van der Waals surface area (Å²) in [6.07, 6.45) is 7.27. The topological polar surface area (TPSA) is 62.7 Å². The Morgan fingerprint density at radius 3 is 2.56 bits per heavy atom. The van der Waals surface area contributed by atoms with Crippen LogP contribution in [-0.2, 0) is 0 Å². The molecule has 6 heteroatoms. The smallest absolute Gasteiger partial charge is 0.229 e. The molecule has 1 heterocycles. The summed E-state index contributed by atoms with van der Waals surface area (Å²) in [5.74, 6) is 1.13. The van der Waals surface area contributed by atoms with E-state index in [-0.39, 0.29) is 5.28 Å². The van der Waals surface area contributed by atoms with Crippen molar-refractivity contribution >= 4 is 23.5 Å². The van der Waals surface area contributed by atoms with Crippen molar-refractivity contribution < 1.29 is 0 Å². The lowest BCUT2D eigenvalue weighted by Crippen LogP contribution is -2.24. The molecule has 1 aromatic heterocycles. The first kappa shape index (κ1) is 13.3. The molecule has 0 amide bonds. The molecule has 1 fully saturated rings. The van der Waals surface area contributed by atoms with Gasteiger partial charge < -0.3 is 10.6 Å². The minimum absolute atomic E-state index is 0.238. The van der Waals surface area contributed by atoms with Crippen LogP contribution in [0.4, 0.5) is 11.9 Å². The minimum atomic E-state index is 0.238. The van der Waals surface area contributed by atoms with Gasteiger partial charge in [-0.1, -0.05) is 26.2 Å². The van der Waals surface area contributed by atoms with Gasteiger partial charge in [0.25, 0.3) is 0 Å². The fourth-order valence-corrected chi connectivity index (χ4v) is 2.32. The van der Waals surface area contributed by atoms with E-state index >= 15 is 0 Å². The average Bonchev–Trinajstić information content (AvgIpc) is 2.37. The van der Waals surface area contributed by atoms with E-state index in [4.69, 9.17) is 11.6 Å². The van der Waals surface area contributed by atoms with Gasteiger partial charge in [0.05, 0.1) is 0 Å². The van der Waals surface area contributed by atoms with Crippen LogP contribution in [0.2, 0.25) is 5.28 Å². The first-order chi connectivity index (χ1) is 8.78. The van der Waals surface area contributed by atoms with Crippen molar-refractivity contribution in [1.29, 1.82) is 0 Å². The monoisotopic (exact) mass is 269 g/mol. The molecule has 5 nitrogen and oxygen atoms in total. The van der Waals surface area contributed by atoms with Crippen LogP contribution in [0.1, 0.15) is 45.4 Å². The molecular formula is C12H20ClN5. The summed E-state index contributed by atoms with van der Waals surface area (Å²) in [7, 11) is 0. The van der Waals surface area contributed by atoms with E-state index in [9.17, 15) is 0 Å². The van der Waals surface area contributed by atoms with Crippen molar-refractivity contribution in [2.24, 2.45) is 0 Å². The van der Waals surface area contributed by atoms with Crippen LogP contribution in [0, 0.1) is 0 Å². The second kappa shape index (κ2) is 6.73. The molecule has 1 aliphatic rings. The van der Waals surface area contributed by atoms with Gasteiger partial charge in [-0.3, -0.25) is 0 Å². The number of aromatic nitrogens is 3. The molecule has 0 saturated heterocycles. The second-order valence-electron chi connectivity index (χ2n) is 4.66. The lowest BCUT2D eigenvalue weighted by Gasteiger charge is -2.22. The highest BCUT2D eigenvalue weighted by Crippen LogP contribution is 2.20. The molecule has 0 atom stereocenters. The Morgan fingerprint density at radius 1 is 1.11 bits per heavy atom. The number of hydrogen-bond donors (Lipinski definition) is 2. The van der Waals surface area contributed by atoms with Gasteiger partial charge in [-0.2, -0.15) is 15.0 Å². The van der Waals surface area contributed by atoms with Crippen LogP contribution in [0.25, 0.3) is 0 Å². The van der Waals surface area contributed by atoms with E-state index in [0.29, 0.717) is 17.9 Å². The molecular weight excluding hydrogens is 250 g/mol. The van der Waals surface area contributed by atoms with E-state index in [1.54, 1.807) is 0 Å². The number of nitrogens with one attached hydrogen (secondary N) is 2. The molecule has 0 unspecified atom stereocenters. The van der Waals surface area contributed by atoms with Gasteiger partial charge in [0, 0.05) is 12.6 Å². The summed E-state index contributed by atoms with van der Waals surface area (Å²) in [5.41, 5.74) is 0. The number of hydrogen-bond acceptors (Lipinski definition) is 5. The molecule has 0 bridgehead atoms. The van der Waals surface area contributed by atoms with Crippen LogP contribution in [-0.4, -0.2) is 27.5 Å². The molecule has 2 N–H and O–H groups in total. The fourth-order valence-electron chi connectivity index (χ4n) is 2.16. The highest BCUT2D eigenvalue weighted by Gasteiger charge is 2.15. The maximum Gasteiger partial charge on any atom is 0.229 e. The van der Waals surface area contributed by atoms with Crippen LogP contribution in [0.5, 0.6) is 0 Å². The van der Waals surface area contributed by atoms with Crippen molar-refractivity contribution in [2.45, 2.75) is 51.5 Å². The molecule has 100 valence electrons. The molecule has 1 aliphatic carbocycles. The van der Waals surface area contributed by atoms with Crippen molar-refractivity contribution in [3.8, 4) is 0 Å². The highest BCUT2D eigenvalue weighted by atomic mass is 35.5. The fraction of sp³-hybridized carbons (Fsp3) is 0.750. The largest absolute Gasteiger partial charge is 0.354 e. The Kier molecular flexibility index (Phi) is 4.99. The zero-order valence-electron chi connectivity index (χ0n) is 10.7. The zero-order chi connectivity index (χ0) is 12.8. The zero-order valence-corrected chi connectivity index (χ0v) is 11.5. The predicted octanol–water partition coefficient (Wildman–Crippen LogP) is 3.09. The number of anilines is 2. The average molecular weight is 270 g/mol. The van der Waals surface area contributed by atoms with Crippen LogP contribution < -0.4 is 10.6 Å². The maximum atomic E-state index is 5.90. The Bertz CT molecular complexity index is 379. The van der Waals surface area contributed by atoms with Gasteiger partial charge in [0.2, 0.25) is 17.2 Å². The summed E-state index contributed by atoms with van der Waals surface area (Å²) in [5, 5.41) is 6.72. The minimum Gasteiger partial charge on any atom is -0.354 e. The SMILES string of the molecule is CCCNc1nc(Cl)nc(NC2CCCCC2)n1. The summed E-state index contributed by atoms with van der Waals surface area (Å²) >= 11 is 5.90. The Labute approximate surface area is 113 Å². The Balaban J connectivity index is 1.99. The van der Waals surface area contributed by atoms with E-state index in [2.05, 4.69) is 32.5 Å².